The topological polar surface area (TPSA) is 41.1 Å². The monoisotopic (exact) mass is 392 g/mol. The quantitative estimate of drug-likeness (QED) is 0.537. The molecule has 0 saturated heterocycles. The second-order valence-electron chi connectivity index (χ2n) is 5.82. The molecular weight excluding hydrogens is 379 g/mol. The van der Waals surface area contributed by atoms with E-state index in [1.807, 2.05) is 0 Å². The first-order chi connectivity index (χ1) is 13.2. The first-order valence-corrected chi connectivity index (χ1v) is 8.04. The van der Waals surface area contributed by atoms with Crippen molar-refractivity contribution < 1.29 is 26.7 Å². The summed E-state index contributed by atoms with van der Waals surface area (Å²) >= 11 is 0. The number of hydrogen-bond donors (Lipinski definition) is 2. The molecule has 2 N–H and O–H groups in total. The molecule has 1 amide bonds. The minimum absolute atomic E-state index is 0.133. The van der Waals surface area contributed by atoms with Crippen LogP contribution in [-0.2, 0) is 6.18 Å². The number of alkyl halides is 3. The van der Waals surface area contributed by atoms with Crippen molar-refractivity contribution in [1.29, 1.82) is 0 Å². The zero-order valence-electron chi connectivity index (χ0n) is 14.1. The Bertz CT molecular complexity index is 1000. The molecule has 0 aliphatic carbocycles. The van der Waals surface area contributed by atoms with E-state index in [9.17, 15) is 26.7 Å². The SMILES string of the molecule is O=C(Nc1ccc(Nc2ccc(F)cc2C(F)(F)F)cc1)c1ccccc1F. The Hall–Kier alpha value is -3.42. The Kier molecular flexibility index (Phi) is 5.30. The van der Waals surface area contributed by atoms with Gasteiger partial charge < -0.3 is 10.6 Å². The van der Waals surface area contributed by atoms with Crippen molar-refractivity contribution in [2.45, 2.75) is 6.18 Å². The third-order valence-corrected chi connectivity index (χ3v) is 3.83. The van der Waals surface area contributed by atoms with Crippen LogP contribution in [0.3, 0.4) is 0 Å². The fourth-order valence-corrected chi connectivity index (χ4v) is 2.50. The number of amides is 1. The highest BCUT2D eigenvalue weighted by atomic mass is 19.4. The maximum atomic E-state index is 13.6. The number of rotatable bonds is 4. The van der Waals surface area contributed by atoms with Gasteiger partial charge in [-0.2, -0.15) is 13.2 Å². The minimum Gasteiger partial charge on any atom is -0.355 e. The van der Waals surface area contributed by atoms with Gasteiger partial charge in [-0.15, -0.1) is 0 Å². The molecule has 0 saturated carbocycles. The molecular formula is C20H13F5N2O. The smallest absolute Gasteiger partial charge is 0.355 e. The van der Waals surface area contributed by atoms with Gasteiger partial charge in [0.1, 0.15) is 11.6 Å². The molecule has 3 rings (SSSR count). The lowest BCUT2D eigenvalue weighted by Gasteiger charge is -2.15. The Morgan fingerprint density at radius 3 is 2.11 bits per heavy atom. The standard InChI is InChI=1S/C20H13F5N2O/c21-12-5-10-18(16(11-12)20(23,24)25)26-13-6-8-14(9-7-13)27-19(28)15-3-1-2-4-17(15)22/h1-11,26H,(H,27,28). The maximum absolute atomic E-state index is 13.6. The summed E-state index contributed by atoms with van der Waals surface area (Å²) in [6, 6.07) is 13.5. The van der Waals surface area contributed by atoms with Gasteiger partial charge in [0, 0.05) is 11.4 Å². The molecule has 0 aliphatic rings. The molecule has 3 aromatic carbocycles. The maximum Gasteiger partial charge on any atom is 0.418 e. The summed E-state index contributed by atoms with van der Waals surface area (Å²) in [5, 5.41) is 5.07. The van der Waals surface area contributed by atoms with Crippen molar-refractivity contribution in [3.8, 4) is 0 Å². The second-order valence-corrected chi connectivity index (χ2v) is 5.82. The Balaban J connectivity index is 1.76. The highest BCUT2D eigenvalue weighted by Gasteiger charge is 2.34. The fourth-order valence-electron chi connectivity index (χ4n) is 2.50. The molecule has 0 fully saturated rings. The van der Waals surface area contributed by atoms with E-state index in [2.05, 4.69) is 10.6 Å². The third-order valence-electron chi connectivity index (χ3n) is 3.83. The van der Waals surface area contributed by atoms with E-state index in [1.165, 1.54) is 42.5 Å². The molecule has 0 unspecified atom stereocenters. The van der Waals surface area contributed by atoms with Gasteiger partial charge in [-0.3, -0.25) is 4.79 Å². The highest BCUT2D eigenvalue weighted by molar-refractivity contribution is 6.04. The number of carbonyl (C=O) groups is 1. The molecule has 0 spiro atoms. The molecule has 3 nitrogen and oxygen atoms in total. The van der Waals surface area contributed by atoms with Crippen LogP contribution in [0.5, 0.6) is 0 Å². The van der Waals surface area contributed by atoms with E-state index >= 15 is 0 Å². The third kappa shape index (κ3) is 4.46. The van der Waals surface area contributed by atoms with Crippen LogP contribution >= 0.6 is 0 Å². The Morgan fingerprint density at radius 2 is 1.46 bits per heavy atom. The van der Waals surface area contributed by atoms with E-state index < -0.39 is 29.3 Å². The van der Waals surface area contributed by atoms with E-state index in [1.54, 1.807) is 0 Å². The van der Waals surface area contributed by atoms with Crippen molar-refractivity contribution in [3.05, 3.63) is 89.5 Å². The summed E-state index contributed by atoms with van der Waals surface area (Å²) < 4.78 is 65.9. The Morgan fingerprint density at radius 1 is 0.821 bits per heavy atom. The zero-order valence-corrected chi connectivity index (χ0v) is 14.1. The summed E-state index contributed by atoms with van der Waals surface area (Å²) in [7, 11) is 0. The molecule has 144 valence electrons. The minimum atomic E-state index is -4.72. The predicted octanol–water partition coefficient (Wildman–Crippen LogP) is 5.98. The summed E-state index contributed by atoms with van der Waals surface area (Å²) in [6.45, 7) is 0. The van der Waals surface area contributed by atoms with Crippen LogP contribution in [0.4, 0.5) is 39.0 Å². The average molecular weight is 392 g/mol. The van der Waals surface area contributed by atoms with Gasteiger partial charge >= 0.3 is 6.18 Å². The molecule has 8 heteroatoms. The van der Waals surface area contributed by atoms with Crippen LogP contribution in [0.2, 0.25) is 0 Å². The fraction of sp³-hybridized carbons (Fsp3) is 0.0500. The lowest BCUT2D eigenvalue weighted by atomic mass is 10.1. The summed E-state index contributed by atoms with van der Waals surface area (Å²) in [5.74, 6) is -2.32. The van der Waals surface area contributed by atoms with Crippen molar-refractivity contribution in [2.24, 2.45) is 0 Å². The van der Waals surface area contributed by atoms with Crippen LogP contribution in [0.15, 0.2) is 66.7 Å². The number of hydrogen-bond acceptors (Lipinski definition) is 2. The Labute approximate surface area is 156 Å². The summed E-state index contributed by atoms with van der Waals surface area (Å²) in [4.78, 5) is 12.1. The first kappa shape index (κ1) is 19.3. The molecule has 0 aliphatic heterocycles. The van der Waals surface area contributed by atoms with Gasteiger partial charge in [-0.25, -0.2) is 8.78 Å². The normalized spacial score (nSPS) is 11.2. The molecule has 0 atom stereocenters. The van der Waals surface area contributed by atoms with E-state index in [0.717, 1.165) is 18.2 Å². The molecule has 0 heterocycles. The number of benzene rings is 3. The number of carbonyl (C=O) groups excluding carboxylic acids is 1. The van der Waals surface area contributed by atoms with Crippen molar-refractivity contribution in [2.75, 3.05) is 10.6 Å². The van der Waals surface area contributed by atoms with Gasteiger partial charge in [0.2, 0.25) is 0 Å². The van der Waals surface area contributed by atoms with Gasteiger partial charge in [-0.05, 0) is 54.6 Å². The molecule has 3 aromatic rings. The first-order valence-electron chi connectivity index (χ1n) is 8.04. The summed E-state index contributed by atoms with van der Waals surface area (Å²) in [6.07, 6.45) is -4.72. The van der Waals surface area contributed by atoms with Gasteiger partial charge in [-0.1, -0.05) is 12.1 Å². The highest BCUT2D eigenvalue weighted by Crippen LogP contribution is 2.36. The molecule has 28 heavy (non-hydrogen) atoms. The predicted molar refractivity (Wildman–Crippen MR) is 95.5 cm³/mol. The molecule has 0 radical (unpaired) electrons. The van der Waals surface area contributed by atoms with Gasteiger partial charge in [0.25, 0.3) is 5.91 Å². The van der Waals surface area contributed by atoms with Crippen LogP contribution in [0.1, 0.15) is 15.9 Å². The molecule has 0 aromatic heterocycles. The number of halogens is 5. The van der Waals surface area contributed by atoms with Crippen molar-refractivity contribution >= 4 is 23.0 Å². The molecule has 0 bridgehead atoms. The van der Waals surface area contributed by atoms with Crippen molar-refractivity contribution in [1.82, 2.24) is 0 Å². The number of nitrogens with one attached hydrogen (secondary N) is 2. The van der Waals surface area contributed by atoms with Crippen LogP contribution in [0.25, 0.3) is 0 Å². The largest absolute Gasteiger partial charge is 0.418 e. The average Bonchev–Trinajstić information content (AvgIpc) is 2.64. The van der Waals surface area contributed by atoms with Crippen LogP contribution in [-0.4, -0.2) is 5.91 Å². The van der Waals surface area contributed by atoms with Crippen LogP contribution < -0.4 is 10.6 Å². The zero-order chi connectivity index (χ0) is 20.3. The van der Waals surface area contributed by atoms with E-state index in [0.29, 0.717) is 17.4 Å². The van der Waals surface area contributed by atoms with Crippen molar-refractivity contribution in [3.63, 3.8) is 0 Å². The second kappa shape index (κ2) is 7.67. The van der Waals surface area contributed by atoms with Crippen LogP contribution in [0, 0.1) is 11.6 Å². The van der Waals surface area contributed by atoms with Gasteiger partial charge in [0.15, 0.2) is 0 Å². The van der Waals surface area contributed by atoms with E-state index in [-0.39, 0.29) is 11.3 Å². The number of anilines is 3. The summed E-state index contributed by atoms with van der Waals surface area (Å²) in [5.41, 5.74) is -0.956. The lowest BCUT2D eigenvalue weighted by molar-refractivity contribution is -0.137. The lowest BCUT2D eigenvalue weighted by Crippen LogP contribution is -2.13. The van der Waals surface area contributed by atoms with Gasteiger partial charge in [0.05, 0.1) is 16.8 Å². The van der Waals surface area contributed by atoms with E-state index in [4.69, 9.17) is 0 Å².